The van der Waals surface area contributed by atoms with Gasteiger partial charge in [-0.25, -0.2) is 4.79 Å². The van der Waals surface area contributed by atoms with Crippen LogP contribution in [0.5, 0.6) is 0 Å². The Morgan fingerprint density at radius 3 is 2.52 bits per heavy atom. The summed E-state index contributed by atoms with van der Waals surface area (Å²) in [5.74, 6) is -0.941. The number of esters is 1. The summed E-state index contributed by atoms with van der Waals surface area (Å²) < 4.78 is 11.0. The number of rotatable bonds is 9. The number of unbranched alkanes of at least 4 members (excludes halogenated alkanes) is 5. The summed E-state index contributed by atoms with van der Waals surface area (Å²) in [6, 6.07) is 0. The van der Waals surface area contributed by atoms with Gasteiger partial charge in [-0.2, -0.15) is 0 Å². The van der Waals surface area contributed by atoms with Crippen LogP contribution >= 0.6 is 0 Å². The highest BCUT2D eigenvalue weighted by Gasteiger charge is 2.54. The lowest BCUT2D eigenvalue weighted by Crippen LogP contribution is -2.40. The SMILES string of the molecule is CCCCCCCC[C@H](C)C(=O)C1=C2C3=COC(C)=CC3=CC(=O)[C@]2(C)OC1=O. The highest BCUT2D eigenvalue weighted by molar-refractivity contribution is 6.24. The third-order valence-corrected chi connectivity index (χ3v) is 5.97. The lowest BCUT2D eigenvalue weighted by Gasteiger charge is -2.31. The maximum absolute atomic E-state index is 13.2. The molecule has 1 aliphatic carbocycles. The van der Waals surface area contributed by atoms with E-state index in [1.807, 2.05) is 6.92 Å². The van der Waals surface area contributed by atoms with Gasteiger partial charge in [-0.1, -0.05) is 52.4 Å². The standard InChI is InChI=1S/C24H30O5/c1-5-6-7-8-9-10-11-15(2)22(26)20-21-18-14-28-16(3)12-17(18)13-19(25)24(21,4)29-23(20)27/h12-15H,5-11H2,1-4H3/t15-,24-/m0/s1. The van der Waals surface area contributed by atoms with Crippen molar-refractivity contribution in [3.8, 4) is 0 Å². The molecule has 0 aromatic heterocycles. The average molecular weight is 398 g/mol. The van der Waals surface area contributed by atoms with Crippen LogP contribution < -0.4 is 0 Å². The lowest BCUT2D eigenvalue weighted by atomic mass is 9.75. The van der Waals surface area contributed by atoms with E-state index in [1.165, 1.54) is 38.0 Å². The molecule has 0 unspecified atom stereocenters. The van der Waals surface area contributed by atoms with E-state index < -0.39 is 11.6 Å². The van der Waals surface area contributed by atoms with E-state index in [9.17, 15) is 14.4 Å². The molecule has 0 amide bonds. The molecule has 5 nitrogen and oxygen atoms in total. The second kappa shape index (κ2) is 8.52. The van der Waals surface area contributed by atoms with Gasteiger partial charge < -0.3 is 9.47 Å². The van der Waals surface area contributed by atoms with Crippen molar-refractivity contribution in [2.24, 2.45) is 5.92 Å². The van der Waals surface area contributed by atoms with Gasteiger partial charge in [0, 0.05) is 17.1 Å². The molecule has 5 heteroatoms. The predicted molar refractivity (Wildman–Crippen MR) is 110 cm³/mol. The molecule has 0 radical (unpaired) electrons. The fourth-order valence-electron chi connectivity index (χ4n) is 4.18. The van der Waals surface area contributed by atoms with Crippen molar-refractivity contribution in [1.29, 1.82) is 0 Å². The molecule has 3 rings (SSSR count). The molecule has 3 aliphatic rings. The molecule has 2 aliphatic heterocycles. The summed E-state index contributed by atoms with van der Waals surface area (Å²) in [5.41, 5.74) is 0.137. The largest absolute Gasteiger partial charge is 0.469 e. The lowest BCUT2D eigenvalue weighted by molar-refractivity contribution is -0.153. The summed E-state index contributed by atoms with van der Waals surface area (Å²) in [6.45, 7) is 7.37. The summed E-state index contributed by atoms with van der Waals surface area (Å²) in [6.07, 6.45) is 12.3. The quantitative estimate of drug-likeness (QED) is 0.314. The zero-order chi connectivity index (χ0) is 21.2. The monoisotopic (exact) mass is 398 g/mol. The number of carbonyl (C=O) groups is 3. The summed E-state index contributed by atoms with van der Waals surface area (Å²) in [7, 11) is 0. The number of ether oxygens (including phenoxy) is 2. The predicted octanol–water partition coefficient (Wildman–Crippen LogP) is 4.88. The summed E-state index contributed by atoms with van der Waals surface area (Å²) in [4.78, 5) is 38.6. The smallest absolute Gasteiger partial charge is 0.343 e. The van der Waals surface area contributed by atoms with E-state index in [2.05, 4.69) is 6.92 Å². The van der Waals surface area contributed by atoms with E-state index in [4.69, 9.17) is 9.47 Å². The molecule has 0 spiro atoms. The molecule has 0 saturated heterocycles. The zero-order valence-corrected chi connectivity index (χ0v) is 17.8. The van der Waals surface area contributed by atoms with Crippen LogP contribution in [0.2, 0.25) is 0 Å². The zero-order valence-electron chi connectivity index (χ0n) is 17.8. The first-order chi connectivity index (χ1) is 13.8. The highest BCUT2D eigenvalue weighted by Crippen LogP contribution is 2.46. The number of ketones is 2. The van der Waals surface area contributed by atoms with Crippen LogP contribution in [0.25, 0.3) is 0 Å². The van der Waals surface area contributed by atoms with Crippen molar-refractivity contribution in [3.05, 3.63) is 46.5 Å². The summed E-state index contributed by atoms with van der Waals surface area (Å²) in [5, 5.41) is 0. The molecule has 0 aromatic rings. The number of hydrogen-bond donors (Lipinski definition) is 0. The van der Waals surface area contributed by atoms with E-state index in [1.54, 1.807) is 19.9 Å². The van der Waals surface area contributed by atoms with Crippen molar-refractivity contribution < 1.29 is 23.9 Å². The first-order valence-electron chi connectivity index (χ1n) is 10.6. The first kappa shape index (κ1) is 21.3. The molecule has 2 atom stereocenters. The molecular weight excluding hydrogens is 368 g/mol. The molecule has 0 saturated carbocycles. The molecule has 29 heavy (non-hydrogen) atoms. The highest BCUT2D eigenvalue weighted by atomic mass is 16.6. The van der Waals surface area contributed by atoms with Gasteiger partial charge >= 0.3 is 5.97 Å². The molecule has 0 N–H and O–H groups in total. The normalized spacial score (nSPS) is 24.1. The van der Waals surface area contributed by atoms with Gasteiger partial charge in [-0.15, -0.1) is 0 Å². The number of carbonyl (C=O) groups excluding carboxylic acids is 3. The van der Waals surface area contributed by atoms with Crippen LogP contribution in [0.1, 0.15) is 72.6 Å². The van der Waals surface area contributed by atoms with E-state index >= 15 is 0 Å². The number of fused-ring (bicyclic) bond motifs is 3. The van der Waals surface area contributed by atoms with Crippen molar-refractivity contribution in [2.75, 3.05) is 0 Å². The Kier molecular flexibility index (Phi) is 6.25. The van der Waals surface area contributed by atoms with Crippen LogP contribution in [0.3, 0.4) is 0 Å². The number of hydrogen-bond acceptors (Lipinski definition) is 5. The molecule has 0 bridgehead atoms. The van der Waals surface area contributed by atoms with Gasteiger partial charge in [0.15, 0.2) is 11.4 Å². The minimum Gasteiger partial charge on any atom is -0.469 e. The Morgan fingerprint density at radius 1 is 1.10 bits per heavy atom. The van der Waals surface area contributed by atoms with Crippen LogP contribution in [0, 0.1) is 5.92 Å². The van der Waals surface area contributed by atoms with Crippen molar-refractivity contribution in [3.63, 3.8) is 0 Å². The van der Waals surface area contributed by atoms with Crippen molar-refractivity contribution in [2.45, 2.75) is 78.2 Å². The molecule has 2 heterocycles. The van der Waals surface area contributed by atoms with Gasteiger partial charge in [-0.3, -0.25) is 9.59 Å². The van der Waals surface area contributed by atoms with Crippen molar-refractivity contribution >= 4 is 17.5 Å². The van der Waals surface area contributed by atoms with Crippen LogP contribution in [0.15, 0.2) is 46.5 Å². The number of allylic oxidation sites excluding steroid dienone is 3. The second-order valence-electron chi connectivity index (χ2n) is 8.36. The minimum absolute atomic E-state index is 0.00716. The van der Waals surface area contributed by atoms with Gasteiger partial charge in [0.25, 0.3) is 0 Å². The van der Waals surface area contributed by atoms with Gasteiger partial charge in [0.2, 0.25) is 5.78 Å². The average Bonchev–Trinajstić information content (AvgIpc) is 2.95. The van der Waals surface area contributed by atoms with Gasteiger partial charge in [0.05, 0.1) is 6.26 Å². The van der Waals surface area contributed by atoms with E-state index in [0.29, 0.717) is 22.5 Å². The second-order valence-corrected chi connectivity index (χ2v) is 8.36. The van der Waals surface area contributed by atoms with Gasteiger partial charge in [-0.05, 0) is 38.0 Å². The molecule has 0 aromatic carbocycles. The van der Waals surface area contributed by atoms with Crippen LogP contribution in [0.4, 0.5) is 0 Å². The van der Waals surface area contributed by atoms with E-state index in [0.717, 1.165) is 19.3 Å². The van der Waals surface area contributed by atoms with Crippen LogP contribution in [-0.4, -0.2) is 23.1 Å². The fourth-order valence-corrected chi connectivity index (χ4v) is 4.18. The van der Waals surface area contributed by atoms with Gasteiger partial charge in [0.1, 0.15) is 11.3 Å². The number of Topliss-reactive ketones (excluding diaryl/α,β-unsaturated/α-hetero) is 1. The first-order valence-corrected chi connectivity index (χ1v) is 10.6. The maximum Gasteiger partial charge on any atom is 0.343 e. The fraction of sp³-hybridized carbons (Fsp3) is 0.542. The Labute approximate surface area is 172 Å². The Bertz CT molecular complexity index is 854. The van der Waals surface area contributed by atoms with Crippen molar-refractivity contribution in [1.82, 2.24) is 0 Å². The third-order valence-electron chi connectivity index (χ3n) is 5.97. The minimum atomic E-state index is -1.46. The Hall–Kier alpha value is -2.43. The Balaban J connectivity index is 1.83. The molecular formula is C24H30O5. The maximum atomic E-state index is 13.2. The third kappa shape index (κ3) is 4.00. The Morgan fingerprint density at radius 2 is 1.79 bits per heavy atom. The molecule has 156 valence electrons. The topological polar surface area (TPSA) is 69.7 Å². The van der Waals surface area contributed by atoms with Crippen LogP contribution in [-0.2, 0) is 23.9 Å². The summed E-state index contributed by atoms with van der Waals surface area (Å²) >= 11 is 0. The molecule has 0 fully saturated rings. The van der Waals surface area contributed by atoms with E-state index in [-0.39, 0.29) is 23.1 Å².